The Bertz CT molecular complexity index is 856. The summed E-state index contributed by atoms with van der Waals surface area (Å²) in [4.78, 5) is 51.0. The van der Waals surface area contributed by atoms with Crippen molar-refractivity contribution in [2.75, 3.05) is 13.2 Å². The Hall–Kier alpha value is -1.86. The third-order valence-corrected chi connectivity index (χ3v) is 10.2. The molecule has 0 saturated heterocycles. The number of aliphatic hydroxyl groups is 1. The molecule has 234 valence electrons. The molecule has 0 aromatic carbocycles. The average Bonchev–Trinajstić information content (AvgIpc) is 2.96. The molecule has 12 heteroatoms. The van der Waals surface area contributed by atoms with Crippen LogP contribution in [0.2, 0.25) is 0 Å². The first-order chi connectivity index (χ1) is 19.7. The number of ether oxygens (including phenoxy) is 1. The molecule has 0 spiro atoms. The van der Waals surface area contributed by atoms with Crippen molar-refractivity contribution >= 4 is 11.9 Å². The zero-order chi connectivity index (χ0) is 29.4. The molecule has 0 aromatic rings. The summed E-state index contributed by atoms with van der Waals surface area (Å²) in [7, 11) is 0. The minimum absolute atomic E-state index is 0.0524. The molecule has 4 rings (SSSR count). The smallest absolute Gasteiger partial charge is 0.310 e. The first kappa shape index (κ1) is 32.1. The summed E-state index contributed by atoms with van der Waals surface area (Å²) in [6.45, 7) is 0.624. The van der Waals surface area contributed by atoms with Crippen LogP contribution in [0.15, 0.2) is 0 Å². The number of rotatable bonds is 12. The van der Waals surface area contributed by atoms with E-state index in [0.717, 1.165) is 70.6 Å². The van der Waals surface area contributed by atoms with Crippen molar-refractivity contribution in [3.8, 4) is 0 Å². The van der Waals surface area contributed by atoms with Gasteiger partial charge in [-0.15, -0.1) is 0 Å². The molecule has 0 bridgehead atoms. The molecule has 0 radical (unpaired) electrons. The first-order valence-electron chi connectivity index (χ1n) is 15.5. The first-order valence-corrected chi connectivity index (χ1v) is 15.5. The summed E-state index contributed by atoms with van der Waals surface area (Å²) in [5.74, 6) is -2.12. The number of carbonyl (C=O) groups is 2. The van der Waals surface area contributed by atoms with Crippen LogP contribution >= 0.6 is 0 Å². The number of carbonyl (C=O) groups excluding carboxylic acids is 1. The van der Waals surface area contributed by atoms with Gasteiger partial charge in [-0.3, -0.25) is 25.0 Å². The molecule has 41 heavy (non-hydrogen) atoms. The molecule has 4 aliphatic rings. The van der Waals surface area contributed by atoms with Gasteiger partial charge in [-0.1, -0.05) is 0 Å². The van der Waals surface area contributed by atoms with Crippen LogP contribution in [0.4, 0.5) is 0 Å². The van der Waals surface area contributed by atoms with Crippen molar-refractivity contribution in [2.45, 2.75) is 121 Å². The Morgan fingerprint density at radius 3 is 2.05 bits per heavy atom. The third-order valence-electron chi connectivity index (χ3n) is 10.2. The van der Waals surface area contributed by atoms with Crippen LogP contribution in [-0.4, -0.2) is 69.9 Å². The fourth-order valence-corrected chi connectivity index (χ4v) is 7.61. The van der Waals surface area contributed by atoms with Gasteiger partial charge >= 0.3 is 11.9 Å². The number of hydrogen-bond donors (Lipinski definition) is 3. The predicted molar refractivity (Wildman–Crippen MR) is 144 cm³/mol. The van der Waals surface area contributed by atoms with Crippen LogP contribution in [0.5, 0.6) is 0 Å². The monoisotopic (exact) mass is 585 g/mol. The van der Waals surface area contributed by atoms with Crippen molar-refractivity contribution < 1.29 is 49.4 Å². The lowest BCUT2D eigenvalue weighted by Crippen LogP contribution is -2.42. The minimum atomic E-state index is -1.09. The maximum Gasteiger partial charge on any atom is 0.310 e. The van der Waals surface area contributed by atoms with Gasteiger partial charge < -0.3 is 14.9 Å². The molecular weight excluding hydrogens is 538 g/mol. The van der Waals surface area contributed by atoms with Crippen LogP contribution < -0.4 is 0 Å². The van der Waals surface area contributed by atoms with Crippen LogP contribution in [0, 0.1) is 45.6 Å². The lowest BCUT2D eigenvalue weighted by atomic mass is 9.76. The zero-order valence-electron chi connectivity index (χ0n) is 23.8. The summed E-state index contributed by atoms with van der Waals surface area (Å²) in [6, 6.07) is -0.892. The van der Waals surface area contributed by atoms with E-state index in [9.17, 15) is 29.9 Å². The Morgan fingerprint density at radius 2 is 1.44 bits per heavy atom. The van der Waals surface area contributed by atoms with Gasteiger partial charge in [0.25, 0.3) is 0 Å². The van der Waals surface area contributed by atoms with E-state index in [0.29, 0.717) is 24.9 Å². The molecular formula is C29H47NO11. The van der Waals surface area contributed by atoms with Gasteiger partial charge in [0.15, 0.2) is 0 Å². The maximum atomic E-state index is 12.8. The molecule has 0 heterocycles. The van der Waals surface area contributed by atoms with E-state index >= 15 is 0 Å². The topological polar surface area (TPSA) is 175 Å². The van der Waals surface area contributed by atoms with Crippen molar-refractivity contribution in [1.82, 2.24) is 0 Å². The molecule has 0 amide bonds. The number of carboxylic acids is 1. The summed E-state index contributed by atoms with van der Waals surface area (Å²) >= 11 is 0. The van der Waals surface area contributed by atoms with Gasteiger partial charge in [0.2, 0.25) is 6.04 Å². The van der Waals surface area contributed by atoms with E-state index in [4.69, 9.17) is 19.8 Å². The second kappa shape index (κ2) is 15.6. The van der Waals surface area contributed by atoms with Gasteiger partial charge in [0.1, 0.15) is 6.10 Å². The number of esters is 1. The second-order valence-electron chi connectivity index (χ2n) is 12.9. The highest BCUT2D eigenvalue weighted by Gasteiger charge is 2.45. The van der Waals surface area contributed by atoms with Crippen LogP contribution in [-0.2, 0) is 29.0 Å². The van der Waals surface area contributed by atoms with Gasteiger partial charge in [-0.25, -0.2) is 14.7 Å². The SMILES string of the molecule is O=C(O)C1CCC([N+](=O)[O-])CC1C(=O)OC1CCC(CC2CCC(OOCC3CCC(O)CC3COO)CC2)CC1. The number of nitrogens with zero attached hydrogens (tertiary/aromatic N) is 1. The van der Waals surface area contributed by atoms with E-state index in [2.05, 4.69) is 4.89 Å². The van der Waals surface area contributed by atoms with Gasteiger partial charge in [-0.2, -0.15) is 0 Å². The van der Waals surface area contributed by atoms with Crippen molar-refractivity contribution in [2.24, 2.45) is 35.5 Å². The number of nitro groups is 1. The standard InChI is InChI=1S/C29H47NO11/c31-23-7-5-20(21(14-23)16-38-37)17-39-41-25-10-3-19(4-11-25)13-18-1-8-24(9-2-18)40-29(34)27-15-22(30(35)36)6-12-26(27)28(32)33/h18-27,31,37H,1-17H2,(H,32,33). The Morgan fingerprint density at radius 1 is 0.780 bits per heavy atom. The van der Waals surface area contributed by atoms with Gasteiger partial charge in [-0.05, 0) is 107 Å². The normalized spacial score (nSPS) is 38.2. The molecule has 6 unspecified atom stereocenters. The fraction of sp³-hybridized carbons (Fsp3) is 0.931. The van der Waals surface area contributed by atoms with Crippen LogP contribution in [0.1, 0.15) is 96.3 Å². The highest BCUT2D eigenvalue weighted by Crippen LogP contribution is 2.38. The lowest BCUT2D eigenvalue weighted by Gasteiger charge is -2.35. The predicted octanol–water partition coefficient (Wildman–Crippen LogP) is 4.40. The number of aliphatic carboxylic acids is 1. The minimum Gasteiger partial charge on any atom is -0.481 e. The fourth-order valence-electron chi connectivity index (χ4n) is 7.61. The lowest BCUT2D eigenvalue weighted by molar-refractivity contribution is -0.528. The molecule has 0 aliphatic heterocycles. The quantitative estimate of drug-likeness (QED) is 0.128. The number of hydrogen-bond acceptors (Lipinski definition) is 10. The van der Waals surface area contributed by atoms with Crippen LogP contribution in [0.3, 0.4) is 0 Å². The Balaban J connectivity index is 1.11. The molecule has 12 nitrogen and oxygen atoms in total. The zero-order valence-corrected chi connectivity index (χ0v) is 23.8. The van der Waals surface area contributed by atoms with E-state index < -0.39 is 34.7 Å². The number of aliphatic hydroxyl groups excluding tert-OH is 1. The highest BCUT2D eigenvalue weighted by molar-refractivity contribution is 5.81. The maximum absolute atomic E-state index is 12.8. The second-order valence-corrected chi connectivity index (χ2v) is 12.9. The summed E-state index contributed by atoms with van der Waals surface area (Å²) in [5.41, 5.74) is 0. The summed E-state index contributed by atoms with van der Waals surface area (Å²) in [6.07, 6.45) is 10.4. The molecule has 6 atom stereocenters. The summed E-state index contributed by atoms with van der Waals surface area (Å²) < 4.78 is 5.71. The molecule has 4 saturated carbocycles. The van der Waals surface area contributed by atoms with E-state index in [1.807, 2.05) is 0 Å². The third kappa shape index (κ3) is 9.31. The molecule has 4 fully saturated rings. The molecule has 0 aromatic heterocycles. The largest absolute Gasteiger partial charge is 0.481 e. The Kier molecular flexibility index (Phi) is 12.2. The molecule has 3 N–H and O–H groups in total. The van der Waals surface area contributed by atoms with Crippen molar-refractivity contribution in [3.05, 3.63) is 10.1 Å². The Labute approximate surface area is 241 Å². The van der Waals surface area contributed by atoms with Crippen LogP contribution in [0.25, 0.3) is 0 Å². The number of carboxylic acid groups (broad SMARTS) is 1. The van der Waals surface area contributed by atoms with E-state index in [-0.39, 0.29) is 56.0 Å². The van der Waals surface area contributed by atoms with E-state index in [1.165, 1.54) is 0 Å². The van der Waals surface area contributed by atoms with Crippen molar-refractivity contribution in [3.63, 3.8) is 0 Å². The highest BCUT2D eigenvalue weighted by atomic mass is 17.2. The van der Waals surface area contributed by atoms with Gasteiger partial charge in [0.05, 0.1) is 37.3 Å². The average molecular weight is 586 g/mol. The molecule has 4 aliphatic carbocycles. The van der Waals surface area contributed by atoms with E-state index in [1.54, 1.807) is 0 Å². The van der Waals surface area contributed by atoms with Crippen molar-refractivity contribution in [1.29, 1.82) is 0 Å². The van der Waals surface area contributed by atoms with Gasteiger partial charge in [0, 0.05) is 17.8 Å². The summed E-state index contributed by atoms with van der Waals surface area (Å²) in [5, 5.41) is 39.4.